The van der Waals surface area contributed by atoms with Crippen molar-refractivity contribution in [2.75, 3.05) is 13.6 Å². The Kier molecular flexibility index (Phi) is 2.00. The lowest BCUT2D eigenvalue weighted by Crippen LogP contribution is -2.26. The molecule has 1 aliphatic rings. The number of likely N-dealkylation sites (N-methyl/N-ethyl adjacent to an activating group) is 1. The highest BCUT2D eigenvalue weighted by molar-refractivity contribution is 5.42. The molecule has 0 atom stereocenters. The van der Waals surface area contributed by atoms with Gasteiger partial charge in [0.15, 0.2) is 0 Å². The zero-order valence-corrected chi connectivity index (χ0v) is 8.17. The maximum atomic E-state index is 9.53. The molecule has 0 aliphatic carbocycles. The summed E-state index contributed by atoms with van der Waals surface area (Å²) >= 11 is 0. The van der Waals surface area contributed by atoms with Crippen LogP contribution in [-0.2, 0) is 13.0 Å². The van der Waals surface area contributed by atoms with Crippen molar-refractivity contribution in [3.63, 3.8) is 0 Å². The van der Waals surface area contributed by atoms with Gasteiger partial charge in [0.05, 0.1) is 0 Å². The van der Waals surface area contributed by atoms with Crippen LogP contribution in [0.2, 0.25) is 0 Å². The smallest absolute Gasteiger partial charge is 0.118 e. The molecule has 1 aliphatic heterocycles. The van der Waals surface area contributed by atoms with E-state index in [1.807, 2.05) is 13.0 Å². The second-order valence-corrected chi connectivity index (χ2v) is 3.90. The Bertz CT molecular complexity index is 333. The fourth-order valence-electron chi connectivity index (χ4n) is 1.86. The van der Waals surface area contributed by atoms with Gasteiger partial charge < -0.3 is 10.0 Å². The Hall–Kier alpha value is -1.02. The molecule has 0 radical (unpaired) electrons. The predicted molar refractivity (Wildman–Crippen MR) is 52.9 cm³/mol. The summed E-state index contributed by atoms with van der Waals surface area (Å²) in [6, 6.07) is 4.01. The van der Waals surface area contributed by atoms with E-state index in [-0.39, 0.29) is 0 Å². The van der Waals surface area contributed by atoms with Gasteiger partial charge in [-0.2, -0.15) is 0 Å². The molecule has 1 aromatic rings. The third-order valence-electron chi connectivity index (χ3n) is 2.72. The predicted octanol–water partition coefficient (Wildman–Crippen LogP) is 1.69. The fraction of sp³-hybridized carbons (Fsp3) is 0.455. The first-order valence-electron chi connectivity index (χ1n) is 4.67. The van der Waals surface area contributed by atoms with Gasteiger partial charge in [-0.1, -0.05) is 6.07 Å². The zero-order chi connectivity index (χ0) is 9.42. The van der Waals surface area contributed by atoms with Crippen LogP contribution in [0.3, 0.4) is 0 Å². The molecule has 1 heterocycles. The lowest BCUT2D eigenvalue weighted by atomic mass is 9.97. The molecule has 1 N–H and O–H groups in total. The van der Waals surface area contributed by atoms with Gasteiger partial charge in [0.2, 0.25) is 0 Å². The first-order valence-corrected chi connectivity index (χ1v) is 4.67. The quantitative estimate of drug-likeness (QED) is 0.652. The molecule has 0 saturated carbocycles. The van der Waals surface area contributed by atoms with Crippen LogP contribution in [-0.4, -0.2) is 23.6 Å². The third kappa shape index (κ3) is 1.54. The summed E-state index contributed by atoms with van der Waals surface area (Å²) in [4.78, 5) is 2.30. The molecule has 2 rings (SSSR count). The second kappa shape index (κ2) is 3.04. The number of rotatable bonds is 0. The molecular weight excluding hydrogens is 162 g/mol. The van der Waals surface area contributed by atoms with E-state index in [4.69, 9.17) is 0 Å². The van der Waals surface area contributed by atoms with Crippen molar-refractivity contribution in [3.8, 4) is 5.75 Å². The van der Waals surface area contributed by atoms with Crippen LogP contribution in [0.1, 0.15) is 16.7 Å². The second-order valence-electron chi connectivity index (χ2n) is 3.90. The first-order chi connectivity index (χ1) is 6.16. The molecule has 0 fully saturated rings. The van der Waals surface area contributed by atoms with Gasteiger partial charge in [-0.3, -0.25) is 0 Å². The SMILES string of the molecule is Cc1cc2c(cc1O)CCN(C)C2. The minimum atomic E-state index is 0.434. The van der Waals surface area contributed by atoms with Crippen molar-refractivity contribution in [3.05, 3.63) is 28.8 Å². The normalized spacial score (nSPS) is 17.1. The number of aromatic hydroxyl groups is 1. The molecule has 0 unspecified atom stereocenters. The summed E-state index contributed by atoms with van der Waals surface area (Å²) in [5, 5.41) is 9.53. The van der Waals surface area contributed by atoms with E-state index in [0.717, 1.165) is 25.1 Å². The van der Waals surface area contributed by atoms with E-state index in [9.17, 15) is 5.11 Å². The van der Waals surface area contributed by atoms with E-state index in [2.05, 4.69) is 18.0 Å². The number of benzene rings is 1. The van der Waals surface area contributed by atoms with Gasteiger partial charge in [0.1, 0.15) is 5.75 Å². The van der Waals surface area contributed by atoms with Crippen LogP contribution in [0.15, 0.2) is 12.1 Å². The number of hydrogen-bond acceptors (Lipinski definition) is 2. The van der Waals surface area contributed by atoms with E-state index in [0.29, 0.717) is 5.75 Å². The average Bonchev–Trinajstić information content (AvgIpc) is 2.08. The maximum Gasteiger partial charge on any atom is 0.118 e. The topological polar surface area (TPSA) is 23.5 Å². The number of fused-ring (bicyclic) bond motifs is 1. The van der Waals surface area contributed by atoms with Crippen molar-refractivity contribution in [2.24, 2.45) is 0 Å². The summed E-state index contributed by atoms with van der Waals surface area (Å²) in [6.07, 6.45) is 1.06. The van der Waals surface area contributed by atoms with Gasteiger partial charge in [0.25, 0.3) is 0 Å². The monoisotopic (exact) mass is 177 g/mol. The molecule has 0 saturated heterocycles. The highest BCUT2D eigenvalue weighted by Crippen LogP contribution is 2.25. The fourth-order valence-corrected chi connectivity index (χ4v) is 1.86. The molecule has 2 heteroatoms. The summed E-state index contributed by atoms with van der Waals surface area (Å²) < 4.78 is 0. The summed E-state index contributed by atoms with van der Waals surface area (Å²) in [5.74, 6) is 0.434. The van der Waals surface area contributed by atoms with Crippen molar-refractivity contribution < 1.29 is 5.11 Å². The van der Waals surface area contributed by atoms with E-state index in [1.165, 1.54) is 11.1 Å². The summed E-state index contributed by atoms with van der Waals surface area (Å²) in [6.45, 7) is 4.05. The largest absolute Gasteiger partial charge is 0.508 e. The average molecular weight is 177 g/mol. The van der Waals surface area contributed by atoms with Gasteiger partial charge in [0, 0.05) is 13.1 Å². The maximum absolute atomic E-state index is 9.53. The third-order valence-corrected chi connectivity index (χ3v) is 2.72. The zero-order valence-electron chi connectivity index (χ0n) is 8.17. The Labute approximate surface area is 78.8 Å². The van der Waals surface area contributed by atoms with Crippen LogP contribution in [0.5, 0.6) is 5.75 Å². The minimum absolute atomic E-state index is 0.434. The molecule has 0 aromatic heterocycles. The lowest BCUT2D eigenvalue weighted by molar-refractivity contribution is 0.312. The van der Waals surface area contributed by atoms with Gasteiger partial charge >= 0.3 is 0 Å². The number of hydrogen-bond donors (Lipinski definition) is 1. The molecule has 70 valence electrons. The van der Waals surface area contributed by atoms with Crippen LogP contribution in [0, 0.1) is 6.92 Å². The number of phenols is 1. The van der Waals surface area contributed by atoms with Gasteiger partial charge in [-0.05, 0) is 43.1 Å². The van der Waals surface area contributed by atoms with Crippen molar-refractivity contribution >= 4 is 0 Å². The number of phenolic OH excluding ortho intramolecular Hbond substituents is 1. The Balaban J connectivity index is 2.43. The Morgan fingerprint density at radius 2 is 2.08 bits per heavy atom. The van der Waals surface area contributed by atoms with E-state index >= 15 is 0 Å². The van der Waals surface area contributed by atoms with Gasteiger partial charge in [-0.25, -0.2) is 0 Å². The first kappa shape index (κ1) is 8.57. The van der Waals surface area contributed by atoms with Crippen molar-refractivity contribution in [1.29, 1.82) is 0 Å². The van der Waals surface area contributed by atoms with Gasteiger partial charge in [-0.15, -0.1) is 0 Å². The Morgan fingerprint density at radius 1 is 1.31 bits per heavy atom. The van der Waals surface area contributed by atoms with Crippen LogP contribution >= 0.6 is 0 Å². The standard InChI is InChI=1S/C11H15NO/c1-8-5-10-7-12(2)4-3-9(10)6-11(8)13/h5-6,13H,3-4,7H2,1-2H3. The van der Waals surface area contributed by atoms with Crippen LogP contribution in [0.4, 0.5) is 0 Å². The molecule has 13 heavy (non-hydrogen) atoms. The van der Waals surface area contributed by atoms with Crippen molar-refractivity contribution in [1.82, 2.24) is 4.90 Å². The van der Waals surface area contributed by atoms with Crippen LogP contribution < -0.4 is 0 Å². The molecule has 1 aromatic carbocycles. The van der Waals surface area contributed by atoms with Crippen molar-refractivity contribution in [2.45, 2.75) is 19.9 Å². The highest BCUT2D eigenvalue weighted by Gasteiger charge is 2.14. The van der Waals surface area contributed by atoms with E-state index in [1.54, 1.807) is 0 Å². The van der Waals surface area contributed by atoms with E-state index < -0.39 is 0 Å². The minimum Gasteiger partial charge on any atom is -0.508 e. The number of nitrogens with zero attached hydrogens (tertiary/aromatic N) is 1. The molecule has 0 bridgehead atoms. The lowest BCUT2D eigenvalue weighted by Gasteiger charge is -2.25. The number of aryl methyl sites for hydroxylation is 1. The van der Waals surface area contributed by atoms with Crippen LogP contribution in [0.25, 0.3) is 0 Å². The molecule has 0 amide bonds. The Morgan fingerprint density at radius 3 is 2.85 bits per heavy atom. The molecule has 2 nitrogen and oxygen atoms in total. The summed E-state index contributed by atoms with van der Waals surface area (Å²) in [5.41, 5.74) is 3.65. The molecular formula is C11H15NO. The molecule has 0 spiro atoms. The highest BCUT2D eigenvalue weighted by atomic mass is 16.3. The summed E-state index contributed by atoms with van der Waals surface area (Å²) in [7, 11) is 2.13.